The molecule has 4 N–H and O–H groups in total. The first-order valence-corrected chi connectivity index (χ1v) is 8.70. The number of aromatic nitrogens is 1. The molecule has 2 heterocycles. The van der Waals surface area contributed by atoms with E-state index in [1.54, 1.807) is 6.07 Å². The lowest BCUT2D eigenvalue weighted by Crippen LogP contribution is -2.34. The van der Waals surface area contributed by atoms with Crippen LogP contribution in [-0.4, -0.2) is 17.9 Å². The minimum Gasteiger partial charge on any atom is -0.388 e. The fourth-order valence-corrected chi connectivity index (χ4v) is 2.99. The summed E-state index contributed by atoms with van der Waals surface area (Å²) in [6.45, 7) is -0.339. The number of epoxide rings is 1. The molecule has 4 rings (SSSR count). The quantitative estimate of drug-likeness (QED) is 0.203. The van der Waals surface area contributed by atoms with Gasteiger partial charge in [-0.05, 0) is 48.9 Å². The number of nitrogens with two attached hydrogens (primary N) is 2. The molecule has 1 unspecified atom stereocenters. The van der Waals surface area contributed by atoms with E-state index in [4.69, 9.17) is 4.74 Å². The Balaban J connectivity index is 0.000000516. The molecule has 1 aromatic heterocycles. The molecule has 9 heteroatoms. The monoisotopic (exact) mass is 396 g/mol. The number of hydrogen-bond donors (Lipinski definition) is 2. The number of pyridine rings is 1. The summed E-state index contributed by atoms with van der Waals surface area (Å²) in [5, 5.41) is 2.89. The summed E-state index contributed by atoms with van der Waals surface area (Å²) in [7, 11) is 0. The smallest absolute Gasteiger partial charge is 0.324 e. The third-order valence-corrected chi connectivity index (χ3v) is 4.76. The van der Waals surface area contributed by atoms with E-state index >= 15 is 0 Å². The number of hydrogen-bond acceptors (Lipinski definition) is 4. The Morgan fingerprint density at radius 3 is 2.39 bits per heavy atom. The van der Waals surface area contributed by atoms with Crippen LogP contribution in [0.4, 0.5) is 17.6 Å². The molecule has 0 spiro atoms. The Morgan fingerprint density at radius 2 is 1.93 bits per heavy atom. The highest BCUT2D eigenvalue weighted by atomic mass is 19.3. The Kier molecular flexibility index (Phi) is 5.55. The Hall–Kier alpha value is -2.68. The lowest BCUT2D eigenvalue weighted by molar-refractivity contribution is -0.0901. The van der Waals surface area contributed by atoms with Crippen molar-refractivity contribution < 1.29 is 22.3 Å². The minimum absolute atomic E-state index is 0.339. The number of alkyl halides is 2. The first-order chi connectivity index (χ1) is 13.3. The highest BCUT2D eigenvalue weighted by Crippen LogP contribution is 2.56. The normalized spacial score (nSPS) is 21.3. The standard InChI is InChI=1S/C18H15F4NO.CH5N3/c19-13-4-5-14(15(20)8-13)17(10-24-17)18(21,22)16-6-3-12(9-23-16)7-11-1-2-11;2-1-4-3/h3-6,8-9,11H,1-2,7,10H2;1H,3H2,(H2,2,4). The van der Waals surface area contributed by atoms with Crippen molar-refractivity contribution in [2.45, 2.75) is 30.8 Å². The van der Waals surface area contributed by atoms with Gasteiger partial charge in [0.1, 0.15) is 23.7 Å². The molecule has 0 bridgehead atoms. The van der Waals surface area contributed by atoms with Crippen LogP contribution in [0.3, 0.4) is 0 Å². The summed E-state index contributed by atoms with van der Waals surface area (Å²) in [4.78, 5) is 3.88. The average molecular weight is 396 g/mol. The molecular formula is C19H20F4N4O. The highest BCUT2D eigenvalue weighted by molar-refractivity contribution is 5.50. The van der Waals surface area contributed by atoms with Crippen LogP contribution in [0.5, 0.6) is 0 Å². The van der Waals surface area contributed by atoms with E-state index in [2.05, 4.69) is 21.7 Å². The molecule has 5 nitrogen and oxygen atoms in total. The Labute approximate surface area is 159 Å². The third kappa shape index (κ3) is 3.94. The van der Waals surface area contributed by atoms with E-state index < -0.39 is 28.9 Å². The zero-order chi connectivity index (χ0) is 20.4. The molecule has 1 aromatic carbocycles. The summed E-state index contributed by atoms with van der Waals surface area (Å²) in [6, 6.07) is 5.44. The van der Waals surface area contributed by atoms with Crippen LogP contribution in [-0.2, 0) is 22.7 Å². The topological polar surface area (TPSA) is 89.8 Å². The number of hydrazone groups is 1. The summed E-state index contributed by atoms with van der Waals surface area (Å²) < 4.78 is 61.8. The predicted molar refractivity (Wildman–Crippen MR) is 95.4 cm³/mol. The molecule has 1 atom stereocenters. The maximum atomic E-state index is 14.9. The van der Waals surface area contributed by atoms with Crippen molar-refractivity contribution in [2.75, 3.05) is 6.61 Å². The van der Waals surface area contributed by atoms with Crippen molar-refractivity contribution in [2.24, 2.45) is 22.6 Å². The van der Waals surface area contributed by atoms with Crippen LogP contribution >= 0.6 is 0 Å². The van der Waals surface area contributed by atoms with Crippen LogP contribution in [0, 0.1) is 17.6 Å². The van der Waals surface area contributed by atoms with Crippen LogP contribution in [0.25, 0.3) is 0 Å². The second-order valence-corrected chi connectivity index (χ2v) is 6.81. The van der Waals surface area contributed by atoms with Crippen molar-refractivity contribution in [3.63, 3.8) is 0 Å². The van der Waals surface area contributed by atoms with E-state index in [1.807, 2.05) is 0 Å². The minimum atomic E-state index is -3.51. The maximum absolute atomic E-state index is 14.9. The first-order valence-electron chi connectivity index (χ1n) is 8.70. The van der Waals surface area contributed by atoms with Gasteiger partial charge in [-0.3, -0.25) is 4.98 Å². The van der Waals surface area contributed by atoms with Crippen LogP contribution in [0.1, 0.15) is 29.7 Å². The van der Waals surface area contributed by atoms with Gasteiger partial charge in [0, 0.05) is 17.8 Å². The van der Waals surface area contributed by atoms with Gasteiger partial charge in [0.2, 0.25) is 0 Å². The van der Waals surface area contributed by atoms with Crippen molar-refractivity contribution >= 4 is 6.34 Å². The predicted octanol–water partition coefficient (Wildman–Crippen LogP) is 3.18. The molecular weight excluding hydrogens is 376 g/mol. The lowest BCUT2D eigenvalue weighted by Gasteiger charge is -2.24. The zero-order valence-corrected chi connectivity index (χ0v) is 14.9. The summed E-state index contributed by atoms with van der Waals surface area (Å²) >= 11 is 0. The third-order valence-electron chi connectivity index (χ3n) is 4.76. The number of halogens is 4. The maximum Gasteiger partial charge on any atom is 0.324 e. The zero-order valence-electron chi connectivity index (χ0n) is 14.9. The van der Waals surface area contributed by atoms with Crippen LogP contribution in [0.2, 0.25) is 0 Å². The van der Waals surface area contributed by atoms with Crippen molar-refractivity contribution in [3.05, 3.63) is 65.0 Å². The van der Waals surface area contributed by atoms with Crippen molar-refractivity contribution in [1.29, 1.82) is 0 Å². The summed E-state index contributed by atoms with van der Waals surface area (Å²) in [5.41, 5.74) is 2.59. The molecule has 28 heavy (non-hydrogen) atoms. The van der Waals surface area contributed by atoms with Gasteiger partial charge >= 0.3 is 5.92 Å². The van der Waals surface area contributed by atoms with Gasteiger partial charge in [-0.1, -0.05) is 6.07 Å². The van der Waals surface area contributed by atoms with Gasteiger partial charge < -0.3 is 16.3 Å². The van der Waals surface area contributed by atoms with E-state index in [9.17, 15) is 17.6 Å². The van der Waals surface area contributed by atoms with Gasteiger partial charge in [-0.25, -0.2) is 8.78 Å². The fraction of sp³-hybridized carbons (Fsp3) is 0.368. The highest BCUT2D eigenvalue weighted by Gasteiger charge is 2.68. The lowest BCUT2D eigenvalue weighted by atomic mass is 9.90. The molecule has 0 amide bonds. The van der Waals surface area contributed by atoms with Gasteiger partial charge in [-0.15, -0.1) is 0 Å². The Bertz CT molecular complexity index is 846. The summed E-state index contributed by atoms with van der Waals surface area (Å²) in [6.07, 6.45) is 5.64. The van der Waals surface area contributed by atoms with Crippen molar-refractivity contribution in [3.8, 4) is 0 Å². The van der Waals surface area contributed by atoms with Gasteiger partial charge in [0.05, 0.1) is 6.61 Å². The number of benzene rings is 1. The van der Waals surface area contributed by atoms with E-state index in [-0.39, 0.29) is 12.2 Å². The second-order valence-electron chi connectivity index (χ2n) is 6.81. The molecule has 150 valence electrons. The molecule has 1 saturated carbocycles. The molecule has 2 aliphatic rings. The molecule has 1 aliphatic carbocycles. The number of nitrogens with zero attached hydrogens (tertiary/aromatic N) is 2. The van der Waals surface area contributed by atoms with E-state index in [1.165, 1.54) is 25.1 Å². The number of ether oxygens (including phenoxy) is 1. The molecule has 0 radical (unpaired) electrons. The number of rotatable bonds is 5. The van der Waals surface area contributed by atoms with Crippen LogP contribution < -0.4 is 11.6 Å². The molecule has 2 fully saturated rings. The fourth-order valence-electron chi connectivity index (χ4n) is 2.99. The second kappa shape index (κ2) is 7.75. The van der Waals surface area contributed by atoms with Gasteiger partial charge in [-0.2, -0.15) is 13.9 Å². The summed E-state index contributed by atoms with van der Waals surface area (Å²) in [5.74, 6) is -0.274. The molecule has 1 saturated heterocycles. The van der Waals surface area contributed by atoms with Gasteiger partial charge in [0.15, 0.2) is 5.60 Å². The first kappa shape index (κ1) is 20.1. The van der Waals surface area contributed by atoms with Gasteiger partial charge in [0.25, 0.3) is 0 Å². The largest absolute Gasteiger partial charge is 0.388 e. The Morgan fingerprint density at radius 1 is 1.25 bits per heavy atom. The van der Waals surface area contributed by atoms with Crippen LogP contribution in [0.15, 0.2) is 41.6 Å². The molecule has 1 aliphatic heterocycles. The average Bonchev–Trinajstić information content (AvgIpc) is 3.58. The SMILES string of the molecule is Fc1ccc(C2(C(F)(F)c3ccc(CC4CC4)cn3)CO2)c(F)c1.N/C=N\N. The molecule has 2 aromatic rings. The van der Waals surface area contributed by atoms with Crippen molar-refractivity contribution in [1.82, 2.24) is 4.98 Å². The van der Waals surface area contributed by atoms with E-state index in [0.717, 1.165) is 30.5 Å². The van der Waals surface area contributed by atoms with E-state index in [0.29, 0.717) is 12.0 Å².